The van der Waals surface area contributed by atoms with Crippen molar-refractivity contribution in [3.8, 4) is 0 Å². The predicted octanol–water partition coefficient (Wildman–Crippen LogP) is 1.27. The van der Waals surface area contributed by atoms with Crippen molar-refractivity contribution in [1.82, 2.24) is 4.90 Å². The Kier molecular flexibility index (Phi) is 4.34. The number of benzene rings is 2. The number of nitrogens with zero attached hydrogens (tertiary/aromatic N) is 1. The Balaban J connectivity index is 1.43. The van der Waals surface area contributed by atoms with Crippen LogP contribution in [0.15, 0.2) is 46.9 Å². The Labute approximate surface area is 151 Å². The number of carbonyl (C=O) groups is 2. The van der Waals surface area contributed by atoms with Gasteiger partial charge in [-0.15, -0.1) is 0 Å². The van der Waals surface area contributed by atoms with Crippen molar-refractivity contribution in [3.63, 3.8) is 0 Å². The van der Waals surface area contributed by atoms with Crippen LogP contribution >= 0.6 is 0 Å². The predicted molar refractivity (Wildman–Crippen MR) is 100 cm³/mol. The maximum Gasteiger partial charge on any atom is 0.279 e. The summed E-state index contributed by atoms with van der Waals surface area (Å²) >= 11 is 0. The summed E-state index contributed by atoms with van der Waals surface area (Å²) < 4.78 is 5.81. The highest BCUT2D eigenvalue weighted by atomic mass is 16.3. The molecule has 0 saturated carbocycles. The number of furan rings is 1. The minimum absolute atomic E-state index is 0.0107. The van der Waals surface area contributed by atoms with Gasteiger partial charge in [0.1, 0.15) is 11.2 Å². The van der Waals surface area contributed by atoms with E-state index in [9.17, 15) is 9.59 Å². The van der Waals surface area contributed by atoms with Crippen LogP contribution in [0.2, 0.25) is 0 Å². The molecule has 1 aliphatic heterocycles. The summed E-state index contributed by atoms with van der Waals surface area (Å²) in [5.41, 5.74) is 2.43. The van der Waals surface area contributed by atoms with Crippen molar-refractivity contribution in [2.24, 2.45) is 0 Å². The van der Waals surface area contributed by atoms with Gasteiger partial charge in [-0.25, -0.2) is 0 Å². The van der Waals surface area contributed by atoms with Crippen LogP contribution in [0, 0.1) is 0 Å². The van der Waals surface area contributed by atoms with E-state index in [0.29, 0.717) is 19.6 Å². The molecular weight excluding hydrogens is 330 g/mol. The van der Waals surface area contributed by atoms with Gasteiger partial charge in [-0.1, -0.05) is 18.2 Å². The van der Waals surface area contributed by atoms with Crippen LogP contribution in [0.3, 0.4) is 0 Å². The molecule has 0 spiro atoms. The molecule has 2 amide bonds. The number of hydrogen-bond donors (Lipinski definition) is 2. The van der Waals surface area contributed by atoms with Gasteiger partial charge in [-0.2, -0.15) is 0 Å². The number of anilines is 1. The van der Waals surface area contributed by atoms with Gasteiger partial charge in [0.15, 0.2) is 6.54 Å². The quantitative estimate of drug-likeness (QED) is 0.746. The fourth-order valence-corrected chi connectivity index (χ4v) is 3.55. The average Bonchev–Trinajstić information content (AvgIpc) is 3.00. The summed E-state index contributed by atoms with van der Waals surface area (Å²) in [4.78, 5) is 26.8. The molecule has 6 heteroatoms. The molecule has 2 heterocycles. The van der Waals surface area contributed by atoms with Gasteiger partial charge in [0.2, 0.25) is 5.91 Å². The molecule has 1 fully saturated rings. The van der Waals surface area contributed by atoms with Crippen molar-refractivity contribution in [2.75, 3.05) is 38.0 Å². The van der Waals surface area contributed by atoms with Crippen molar-refractivity contribution < 1.29 is 18.9 Å². The molecule has 0 atom stereocenters. The fraction of sp³-hybridized carbons (Fsp3) is 0.300. The summed E-state index contributed by atoms with van der Waals surface area (Å²) in [7, 11) is 0. The number of para-hydroxylation sites is 1. The van der Waals surface area contributed by atoms with E-state index in [1.807, 2.05) is 47.4 Å². The van der Waals surface area contributed by atoms with Crippen molar-refractivity contribution in [3.05, 3.63) is 42.5 Å². The van der Waals surface area contributed by atoms with E-state index in [4.69, 9.17) is 4.42 Å². The Morgan fingerprint density at radius 1 is 1.08 bits per heavy atom. The number of carbonyl (C=O) groups excluding carboxylic acids is 2. The fourth-order valence-electron chi connectivity index (χ4n) is 3.55. The monoisotopic (exact) mass is 352 g/mol. The SMILES string of the molecule is CC(=O)N1CC[NH+](CC(=O)Nc2ccc3oc4ccccc4c3c2)CC1. The second-order valence-electron chi connectivity index (χ2n) is 6.79. The highest BCUT2D eigenvalue weighted by molar-refractivity contribution is 6.06. The first-order chi connectivity index (χ1) is 12.6. The second-order valence-corrected chi connectivity index (χ2v) is 6.79. The number of piperazine rings is 1. The third-order valence-electron chi connectivity index (χ3n) is 4.99. The standard InChI is InChI=1S/C20H21N3O3/c1-14(24)23-10-8-22(9-11-23)13-20(25)21-15-6-7-19-17(12-15)16-4-2-3-5-18(16)26-19/h2-7,12H,8-11,13H2,1H3,(H,21,25)/p+1. The van der Waals surface area contributed by atoms with E-state index in [1.54, 1.807) is 6.92 Å². The Morgan fingerprint density at radius 3 is 2.58 bits per heavy atom. The lowest BCUT2D eigenvalue weighted by atomic mass is 10.1. The number of fused-ring (bicyclic) bond motifs is 3. The number of quaternary nitrogens is 1. The molecule has 0 unspecified atom stereocenters. The number of rotatable bonds is 3. The van der Waals surface area contributed by atoms with E-state index < -0.39 is 0 Å². The molecule has 1 aliphatic rings. The first-order valence-corrected chi connectivity index (χ1v) is 8.90. The van der Waals surface area contributed by atoms with E-state index in [0.717, 1.165) is 40.7 Å². The van der Waals surface area contributed by atoms with Crippen LogP contribution in [0.25, 0.3) is 21.9 Å². The van der Waals surface area contributed by atoms with Crippen LogP contribution in [0.4, 0.5) is 5.69 Å². The second kappa shape index (κ2) is 6.80. The maximum absolute atomic E-state index is 12.4. The topological polar surface area (TPSA) is 67.0 Å². The van der Waals surface area contributed by atoms with E-state index in [2.05, 4.69) is 5.32 Å². The average molecular weight is 352 g/mol. The zero-order valence-electron chi connectivity index (χ0n) is 14.7. The zero-order valence-corrected chi connectivity index (χ0v) is 14.7. The van der Waals surface area contributed by atoms with Gasteiger partial charge in [-0.05, 0) is 24.3 Å². The van der Waals surface area contributed by atoms with Gasteiger partial charge in [0.05, 0.1) is 26.2 Å². The summed E-state index contributed by atoms with van der Waals surface area (Å²) in [6.45, 7) is 5.04. The zero-order chi connectivity index (χ0) is 18.1. The van der Waals surface area contributed by atoms with Crippen LogP contribution in [-0.4, -0.2) is 49.4 Å². The van der Waals surface area contributed by atoms with Crippen LogP contribution in [0.1, 0.15) is 6.92 Å². The largest absolute Gasteiger partial charge is 0.456 e. The summed E-state index contributed by atoms with van der Waals surface area (Å²) in [6.07, 6.45) is 0. The highest BCUT2D eigenvalue weighted by Gasteiger charge is 2.23. The third-order valence-corrected chi connectivity index (χ3v) is 4.99. The third kappa shape index (κ3) is 3.28. The van der Waals surface area contributed by atoms with Gasteiger partial charge >= 0.3 is 0 Å². The number of hydrogen-bond acceptors (Lipinski definition) is 3. The smallest absolute Gasteiger partial charge is 0.279 e. The molecule has 2 N–H and O–H groups in total. The molecule has 4 rings (SSSR count). The first-order valence-electron chi connectivity index (χ1n) is 8.90. The lowest BCUT2D eigenvalue weighted by molar-refractivity contribution is -0.895. The van der Waals surface area contributed by atoms with Crippen molar-refractivity contribution >= 4 is 39.4 Å². The van der Waals surface area contributed by atoms with Gasteiger partial charge in [-0.3, -0.25) is 9.59 Å². The molecular formula is C20H22N3O3+. The molecule has 1 aromatic heterocycles. The first kappa shape index (κ1) is 16.6. The van der Waals surface area contributed by atoms with Crippen LogP contribution < -0.4 is 10.2 Å². The molecule has 6 nitrogen and oxygen atoms in total. The summed E-state index contributed by atoms with van der Waals surface area (Å²) in [6, 6.07) is 13.6. The molecule has 134 valence electrons. The number of nitrogens with one attached hydrogen (secondary N) is 2. The molecule has 0 bridgehead atoms. The van der Waals surface area contributed by atoms with Crippen LogP contribution in [0.5, 0.6) is 0 Å². The van der Waals surface area contributed by atoms with Gasteiger partial charge in [0, 0.05) is 23.4 Å². The van der Waals surface area contributed by atoms with E-state index in [1.165, 1.54) is 4.90 Å². The van der Waals surface area contributed by atoms with Crippen LogP contribution in [-0.2, 0) is 9.59 Å². The Hall–Kier alpha value is -2.86. The maximum atomic E-state index is 12.4. The van der Waals surface area contributed by atoms with Crippen molar-refractivity contribution in [1.29, 1.82) is 0 Å². The minimum atomic E-state index is -0.0107. The summed E-state index contributed by atoms with van der Waals surface area (Å²) in [5.74, 6) is 0.0950. The van der Waals surface area contributed by atoms with E-state index >= 15 is 0 Å². The molecule has 3 aromatic rings. The molecule has 26 heavy (non-hydrogen) atoms. The molecule has 1 saturated heterocycles. The lowest BCUT2D eigenvalue weighted by Gasteiger charge is -2.31. The van der Waals surface area contributed by atoms with Gasteiger partial charge in [0.25, 0.3) is 5.91 Å². The van der Waals surface area contributed by atoms with Gasteiger partial charge < -0.3 is 19.5 Å². The number of amides is 2. The Bertz CT molecular complexity index is 971. The van der Waals surface area contributed by atoms with E-state index in [-0.39, 0.29) is 11.8 Å². The molecule has 0 radical (unpaired) electrons. The van der Waals surface area contributed by atoms with Crippen molar-refractivity contribution in [2.45, 2.75) is 6.92 Å². The normalized spacial score (nSPS) is 15.5. The Morgan fingerprint density at radius 2 is 1.81 bits per heavy atom. The lowest BCUT2D eigenvalue weighted by Crippen LogP contribution is -3.15. The minimum Gasteiger partial charge on any atom is -0.456 e. The summed E-state index contributed by atoms with van der Waals surface area (Å²) in [5, 5.41) is 5.03. The molecule has 2 aromatic carbocycles. The highest BCUT2D eigenvalue weighted by Crippen LogP contribution is 2.30. The molecule has 0 aliphatic carbocycles.